The highest BCUT2D eigenvalue weighted by Gasteiger charge is 2.02. The molecule has 0 spiro atoms. The first kappa shape index (κ1) is 14.1. The molecule has 0 aliphatic rings. The van der Waals surface area contributed by atoms with Gasteiger partial charge in [-0.25, -0.2) is 8.42 Å². The van der Waals surface area contributed by atoms with E-state index in [9.17, 15) is 13.2 Å². The van der Waals surface area contributed by atoms with E-state index in [0.717, 1.165) is 10.6 Å². The van der Waals surface area contributed by atoms with Crippen LogP contribution in [0.25, 0.3) is 0 Å². The lowest BCUT2D eigenvalue weighted by molar-refractivity contribution is -0.114. The topological polar surface area (TPSA) is 63.2 Å². The number of anilines is 1. The van der Waals surface area contributed by atoms with Crippen molar-refractivity contribution in [2.45, 2.75) is 11.8 Å². The molecular formula is C11H15NO3S2. The van der Waals surface area contributed by atoms with Crippen LogP contribution in [-0.4, -0.2) is 32.1 Å². The van der Waals surface area contributed by atoms with E-state index in [4.69, 9.17) is 0 Å². The average Bonchev–Trinajstić information content (AvgIpc) is 2.18. The summed E-state index contributed by atoms with van der Waals surface area (Å²) in [6.07, 6.45) is 1.23. The van der Waals surface area contributed by atoms with Crippen LogP contribution >= 0.6 is 11.8 Å². The van der Waals surface area contributed by atoms with Gasteiger partial charge in [0.05, 0.1) is 5.75 Å². The number of amides is 1. The van der Waals surface area contributed by atoms with Crippen LogP contribution in [-0.2, 0) is 14.6 Å². The third kappa shape index (κ3) is 6.33. The molecule has 0 unspecified atom stereocenters. The molecule has 0 saturated carbocycles. The molecule has 1 N–H and O–H groups in total. The van der Waals surface area contributed by atoms with Gasteiger partial charge in [0.1, 0.15) is 9.84 Å². The van der Waals surface area contributed by atoms with Crippen LogP contribution in [0.2, 0.25) is 0 Å². The summed E-state index contributed by atoms with van der Waals surface area (Å²) in [6.45, 7) is 1.45. The van der Waals surface area contributed by atoms with Gasteiger partial charge in [0.15, 0.2) is 0 Å². The predicted molar refractivity (Wildman–Crippen MR) is 71.2 cm³/mol. The Labute approximate surface area is 106 Å². The van der Waals surface area contributed by atoms with Crippen molar-refractivity contribution in [1.82, 2.24) is 0 Å². The second-order valence-corrected chi connectivity index (χ2v) is 7.11. The first-order chi connectivity index (χ1) is 7.87. The maximum absolute atomic E-state index is 10.9. The van der Waals surface area contributed by atoms with Gasteiger partial charge in [-0.3, -0.25) is 4.79 Å². The van der Waals surface area contributed by atoms with E-state index in [1.54, 1.807) is 12.1 Å². The highest BCUT2D eigenvalue weighted by atomic mass is 32.2. The molecule has 1 rings (SSSR count). The molecule has 0 radical (unpaired) electrons. The number of thioether (sulfide) groups is 1. The number of hydrogen-bond acceptors (Lipinski definition) is 4. The molecule has 0 aliphatic carbocycles. The average molecular weight is 273 g/mol. The van der Waals surface area contributed by atoms with Crippen molar-refractivity contribution in [2.75, 3.05) is 23.1 Å². The molecule has 94 valence electrons. The van der Waals surface area contributed by atoms with E-state index in [1.165, 1.54) is 24.9 Å². The van der Waals surface area contributed by atoms with Crippen LogP contribution in [0.4, 0.5) is 5.69 Å². The van der Waals surface area contributed by atoms with Crippen LogP contribution in [0.3, 0.4) is 0 Å². The first-order valence-corrected chi connectivity index (χ1v) is 8.09. The van der Waals surface area contributed by atoms with Gasteiger partial charge in [-0.15, -0.1) is 11.8 Å². The van der Waals surface area contributed by atoms with Crippen LogP contribution in [0.5, 0.6) is 0 Å². The number of carbonyl (C=O) groups is 1. The van der Waals surface area contributed by atoms with Crippen molar-refractivity contribution in [3.05, 3.63) is 24.3 Å². The Morgan fingerprint density at radius 1 is 1.29 bits per heavy atom. The van der Waals surface area contributed by atoms with E-state index in [1.807, 2.05) is 12.1 Å². The van der Waals surface area contributed by atoms with Crippen molar-refractivity contribution in [2.24, 2.45) is 0 Å². The third-order valence-corrected chi connectivity index (χ3v) is 4.12. The van der Waals surface area contributed by atoms with Gasteiger partial charge >= 0.3 is 0 Å². The summed E-state index contributed by atoms with van der Waals surface area (Å²) in [5, 5.41) is 2.67. The molecule has 0 aromatic heterocycles. The van der Waals surface area contributed by atoms with E-state index < -0.39 is 9.84 Å². The summed E-state index contributed by atoms with van der Waals surface area (Å²) in [4.78, 5) is 11.8. The zero-order valence-corrected chi connectivity index (χ0v) is 11.4. The Hall–Kier alpha value is -1.01. The minimum Gasteiger partial charge on any atom is -0.326 e. The molecule has 1 aromatic rings. The third-order valence-electron chi connectivity index (χ3n) is 1.90. The van der Waals surface area contributed by atoms with Gasteiger partial charge in [0.25, 0.3) is 0 Å². The normalized spacial score (nSPS) is 11.2. The Bertz CT molecular complexity index is 480. The second kappa shape index (κ2) is 6.07. The highest BCUT2D eigenvalue weighted by molar-refractivity contribution is 8.00. The molecule has 1 amide bonds. The predicted octanol–water partition coefficient (Wildman–Crippen LogP) is 1.78. The maximum Gasteiger partial charge on any atom is 0.221 e. The lowest BCUT2D eigenvalue weighted by Gasteiger charge is -2.04. The monoisotopic (exact) mass is 273 g/mol. The van der Waals surface area contributed by atoms with E-state index in [0.29, 0.717) is 5.75 Å². The van der Waals surface area contributed by atoms with Gasteiger partial charge < -0.3 is 5.32 Å². The summed E-state index contributed by atoms with van der Waals surface area (Å²) in [5.41, 5.74) is 0.741. The van der Waals surface area contributed by atoms with Gasteiger partial charge in [0.2, 0.25) is 5.91 Å². The van der Waals surface area contributed by atoms with Crippen LogP contribution in [0.15, 0.2) is 29.2 Å². The molecule has 6 heteroatoms. The molecule has 0 heterocycles. The number of nitrogens with one attached hydrogen (secondary N) is 1. The second-order valence-electron chi connectivity index (χ2n) is 3.68. The van der Waals surface area contributed by atoms with Gasteiger partial charge in [-0.1, -0.05) is 0 Å². The Morgan fingerprint density at radius 3 is 2.35 bits per heavy atom. The van der Waals surface area contributed by atoms with Crippen LogP contribution in [0.1, 0.15) is 6.92 Å². The number of carbonyl (C=O) groups excluding carboxylic acids is 1. The minimum atomic E-state index is -2.90. The Balaban J connectivity index is 2.48. The molecule has 0 fully saturated rings. The molecule has 0 atom stereocenters. The summed E-state index contributed by atoms with van der Waals surface area (Å²) < 4.78 is 21.9. The van der Waals surface area contributed by atoms with Crippen molar-refractivity contribution in [3.8, 4) is 0 Å². The Kier molecular flexibility index (Phi) is 5.02. The quantitative estimate of drug-likeness (QED) is 0.831. The Morgan fingerprint density at radius 2 is 1.88 bits per heavy atom. The smallest absolute Gasteiger partial charge is 0.221 e. The first-order valence-electron chi connectivity index (χ1n) is 5.05. The minimum absolute atomic E-state index is 0.109. The lowest BCUT2D eigenvalue weighted by atomic mass is 10.3. The molecule has 1 aromatic carbocycles. The van der Waals surface area contributed by atoms with E-state index in [2.05, 4.69) is 5.32 Å². The standard InChI is InChI=1S/C11H15NO3S2/c1-9(13)12-10-3-5-11(6-4-10)16-7-8-17(2,14)15/h3-6H,7-8H2,1-2H3,(H,12,13). The number of hydrogen-bond donors (Lipinski definition) is 1. The van der Waals surface area contributed by atoms with Gasteiger partial charge in [0, 0.05) is 29.5 Å². The molecular weight excluding hydrogens is 258 g/mol. The molecule has 0 saturated heterocycles. The van der Waals surface area contributed by atoms with Crippen LogP contribution < -0.4 is 5.32 Å². The number of benzene rings is 1. The van der Waals surface area contributed by atoms with Crippen molar-refractivity contribution in [3.63, 3.8) is 0 Å². The molecule has 17 heavy (non-hydrogen) atoms. The van der Waals surface area contributed by atoms with Gasteiger partial charge in [-0.2, -0.15) is 0 Å². The van der Waals surface area contributed by atoms with Gasteiger partial charge in [-0.05, 0) is 24.3 Å². The number of sulfone groups is 1. The van der Waals surface area contributed by atoms with E-state index in [-0.39, 0.29) is 11.7 Å². The fourth-order valence-corrected chi connectivity index (χ4v) is 3.26. The highest BCUT2D eigenvalue weighted by Crippen LogP contribution is 2.20. The fraction of sp³-hybridized carbons (Fsp3) is 0.364. The zero-order chi connectivity index (χ0) is 12.9. The SMILES string of the molecule is CC(=O)Nc1ccc(SCCS(C)(=O)=O)cc1. The van der Waals surface area contributed by atoms with Crippen molar-refractivity contribution >= 4 is 33.2 Å². The summed E-state index contributed by atoms with van der Waals surface area (Å²) >= 11 is 1.48. The molecule has 4 nitrogen and oxygen atoms in total. The maximum atomic E-state index is 10.9. The lowest BCUT2D eigenvalue weighted by Crippen LogP contribution is -2.05. The molecule has 0 aliphatic heterocycles. The molecule has 0 bridgehead atoms. The fourth-order valence-electron chi connectivity index (χ4n) is 1.15. The van der Waals surface area contributed by atoms with E-state index >= 15 is 0 Å². The van der Waals surface area contributed by atoms with Crippen molar-refractivity contribution < 1.29 is 13.2 Å². The van der Waals surface area contributed by atoms with Crippen LogP contribution in [0, 0.1) is 0 Å². The zero-order valence-electron chi connectivity index (χ0n) is 9.76. The van der Waals surface area contributed by atoms with Crippen molar-refractivity contribution in [1.29, 1.82) is 0 Å². The summed E-state index contributed by atoms with van der Waals surface area (Å²) in [5.74, 6) is 0.603. The largest absolute Gasteiger partial charge is 0.326 e. The summed E-state index contributed by atoms with van der Waals surface area (Å²) in [6, 6.07) is 7.31. The number of rotatable bonds is 5. The summed E-state index contributed by atoms with van der Waals surface area (Å²) in [7, 11) is -2.90.